The topological polar surface area (TPSA) is 13.1 Å². The van der Waals surface area contributed by atoms with Crippen LogP contribution in [0, 0.1) is 0 Å². The van der Waals surface area contributed by atoms with E-state index in [1.807, 2.05) is 0 Å². The molecule has 0 aliphatic rings. The smallest absolute Gasteiger partial charge is 0.154 e. The molecule has 0 N–H and O–H groups in total. The van der Waals surface area contributed by atoms with Crippen molar-refractivity contribution in [1.82, 2.24) is 0 Å². The van der Waals surface area contributed by atoms with Crippen molar-refractivity contribution in [3.8, 4) is 0 Å². The summed E-state index contributed by atoms with van der Waals surface area (Å²) < 4.78 is 5.64. The maximum absolute atomic E-state index is 6.07. The van der Waals surface area contributed by atoms with Crippen LogP contribution in [0.3, 0.4) is 0 Å². The van der Waals surface area contributed by atoms with Crippen LogP contribution in [0.2, 0.25) is 20.1 Å². The minimum absolute atomic E-state index is 0.455. The number of fused-ring (bicyclic) bond motifs is 3. The molecule has 17 heavy (non-hydrogen) atoms. The Hall–Kier alpha value is -0.600. The van der Waals surface area contributed by atoms with E-state index in [0.717, 1.165) is 10.8 Å². The van der Waals surface area contributed by atoms with Crippen LogP contribution in [0.1, 0.15) is 0 Å². The predicted molar refractivity (Wildman–Crippen MR) is 73.8 cm³/mol. The number of rotatable bonds is 0. The predicted octanol–water partition coefficient (Wildman–Crippen LogP) is 6.20. The van der Waals surface area contributed by atoms with E-state index in [4.69, 9.17) is 50.8 Å². The average Bonchev–Trinajstić information content (AvgIpc) is 2.58. The Morgan fingerprint density at radius 3 is 1.47 bits per heavy atom. The van der Waals surface area contributed by atoms with Crippen LogP contribution in [0.15, 0.2) is 28.7 Å². The molecule has 0 aliphatic heterocycles. The van der Waals surface area contributed by atoms with E-state index in [9.17, 15) is 0 Å². The lowest BCUT2D eigenvalue weighted by atomic mass is 10.1. The Morgan fingerprint density at radius 1 is 0.647 bits per heavy atom. The van der Waals surface area contributed by atoms with Gasteiger partial charge in [0.15, 0.2) is 11.2 Å². The second-order valence-corrected chi connectivity index (χ2v) is 5.32. The Bertz CT molecular complexity index is 683. The zero-order valence-electron chi connectivity index (χ0n) is 8.23. The molecule has 0 saturated heterocycles. The van der Waals surface area contributed by atoms with Crippen LogP contribution < -0.4 is 0 Å². The minimum Gasteiger partial charge on any atom is -0.453 e. The van der Waals surface area contributed by atoms with Crippen LogP contribution in [0.4, 0.5) is 0 Å². The first-order valence-corrected chi connectivity index (χ1v) is 6.24. The van der Waals surface area contributed by atoms with Crippen molar-refractivity contribution in [3.63, 3.8) is 0 Å². The van der Waals surface area contributed by atoms with E-state index in [0.29, 0.717) is 31.3 Å². The molecule has 1 heterocycles. The van der Waals surface area contributed by atoms with Gasteiger partial charge in [-0.1, -0.05) is 46.4 Å². The van der Waals surface area contributed by atoms with Crippen molar-refractivity contribution in [3.05, 3.63) is 44.4 Å². The largest absolute Gasteiger partial charge is 0.453 e. The van der Waals surface area contributed by atoms with Crippen molar-refractivity contribution >= 4 is 68.3 Å². The summed E-state index contributed by atoms with van der Waals surface area (Å²) in [7, 11) is 0. The zero-order chi connectivity index (χ0) is 12.2. The van der Waals surface area contributed by atoms with E-state index in [-0.39, 0.29) is 0 Å². The molecule has 0 unspecified atom stereocenters. The lowest BCUT2D eigenvalue weighted by molar-refractivity contribution is 0.669. The summed E-state index contributed by atoms with van der Waals surface area (Å²) >= 11 is 24.1. The lowest BCUT2D eigenvalue weighted by Gasteiger charge is -1.95. The van der Waals surface area contributed by atoms with E-state index < -0.39 is 0 Å². The van der Waals surface area contributed by atoms with Crippen LogP contribution in [0.5, 0.6) is 0 Å². The molecule has 0 spiro atoms. The average molecular weight is 306 g/mol. The van der Waals surface area contributed by atoms with Crippen molar-refractivity contribution in [2.24, 2.45) is 0 Å². The quantitative estimate of drug-likeness (QED) is 0.482. The molecule has 0 aliphatic carbocycles. The molecule has 0 radical (unpaired) electrons. The summed E-state index contributed by atoms with van der Waals surface area (Å²) in [5.74, 6) is 0. The number of halogens is 4. The highest BCUT2D eigenvalue weighted by molar-refractivity contribution is 6.41. The van der Waals surface area contributed by atoms with Crippen LogP contribution in [-0.2, 0) is 0 Å². The van der Waals surface area contributed by atoms with E-state index in [1.165, 1.54) is 0 Å². The number of hydrogen-bond donors (Lipinski definition) is 0. The van der Waals surface area contributed by atoms with Crippen molar-refractivity contribution in [2.75, 3.05) is 0 Å². The number of furan rings is 1. The molecular weight excluding hydrogens is 302 g/mol. The van der Waals surface area contributed by atoms with Gasteiger partial charge in [-0.2, -0.15) is 0 Å². The molecule has 0 bridgehead atoms. The van der Waals surface area contributed by atoms with Gasteiger partial charge in [-0.15, -0.1) is 0 Å². The summed E-state index contributed by atoms with van der Waals surface area (Å²) in [4.78, 5) is 0. The second kappa shape index (κ2) is 3.96. The summed E-state index contributed by atoms with van der Waals surface area (Å²) in [6, 6.07) is 6.81. The van der Waals surface area contributed by atoms with Gasteiger partial charge in [-0.25, -0.2) is 0 Å². The summed E-state index contributed by atoms with van der Waals surface area (Å²) in [6.07, 6.45) is 0. The zero-order valence-corrected chi connectivity index (χ0v) is 11.3. The highest BCUT2D eigenvalue weighted by Crippen LogP contribution is 2.39. The summed E-state index contributed by atoms with van der Waals surface area (Å²) in [6.45, 7) is 0. The van der Waals surface area contributed by atoms with Gasteiger partial charge in [0, 0.05) is 20.8 Å². The van der Waals surface area contributed by atoms with Gasteiger partial charge >= 0.3 is 0 Å². The minimum atomic E-state index is 0.455. The number of hydrogen-bond acceptors (Lipinski definition) is 1. The third-order valence-electron chi connectivity index (χ3n) is 2.51. The molecule has 86 valence electrons. The Morgan fingerprint density at radius 2 is 1.06 bits per heavy atom. The molecule has 2 aromatic carbocycles. The van der Waals surface area contributed by atoms with E-state index in [2.05, 4.69) is 0 Å². The van der Waals surface area contributed by atoms with Crippen LogP contribution in [0.25, 0.3) is 21.9 Å². The highest BCUT2D eigenvalue weighted by atomic mass is 35.5. The Kier molecular flexibility index (Phi) is 2.68. The monoisotopic (exact) mass is 304 g/mol. The standard InChI is InChI=1S/C12H4Cl4O/c13-5-1-7-8-2-6(14)4-10(16)12(8)17-11(7)9(15)3-5/h1-4H. The SMILES string of the molecule is Clc1cc(Cl)c2oc3c(Cl)cc(Cl)cc3c2c1. The van der Waals surface area contributed by atoms with E-state index in [1.54, 1.807) is 24.3 Å². The molecular formula is C12H4Cl4O. The molecule has 1 aromatic heterocycles. The second-order valence-electron chi connectivity index (χ2n) is 3.63. The molecule has 0 amide bonds. The van der Waals surface area contributed by atoms with Crippen molar-refractivity contribution in [2.45, 2.75) is 0 Å². The molecule has 0 atom stereocenters. The lowest BCUT2D eigenvalue weighted by Crippen LogP contribution is -1.71. The van der Waals surface area contributed by atoms with Gasteiger partial charge in [0.05, 0.1) is 10.0 Å². The fraction of sp³-hybridized carbons (Fsp3) is 0. The number of benzene rings is 2. The fourth-order valence-corrected chi connectivity index (χ4v) is 2.89. The first-order valence-electron chi connectivity index (χ1n) is 4.72. The van der Waals surface area contributed by atoms with Crippen molar-refractivity contribution < 1.29 is 4.42 Å². The van der Waals surface area contributed by atoms with Gasteiger partial charge in [0.2, 0.25) is 0 Å². The van der Waals surface area contributed by atoms with Gasteiger partial charge < -0.3 is 4.42 Å². The molecule has 0 fully saturated rings. The normalized spacial score (nSPS) is 11.5. The molecule has 3 rings (SSSR count). The van der Waals surface area contributed by atoms with Crippen LogP contribution >= 0.6 is 46.4 Å². The van der Waals surface area contributed by atoms with Gasteiger partial charge in [-0.3, -0.25) is 0 Å². The van der Waals surface area contributed by atoms with Crippen LogP contribution in [-0.4, -0.2) is 0 Å². The Balaban J connectivity index is 2.60. The van der Waals surface area contributed by atoms with E-state index >= 15 is 0 Å². The molecule has 3 aromatic rings. The fourth-order valence-electron chi connectivity index (χ4n) is 1.83. The third kappa shape index (κ3) is 1.78. The van der Waals surface area contributed by atoms with Gasteiger partial charge in [-0.05, 0) is 24.3 Å². The summed E-state index contributed by atoms with van der Waals surface area (Å²) in [5.41, 5.74) is 1.13. The summed E-state index contributed by atoms with van der Waals surface area (Å²) in [5, 5.41) is 3.61. The molecule has 5 heteroatoms. The maximum Gasteiger partial charge on any atom is 0.154 e. The first kappa shape index (κ1) is 11.5. The van der Waals surface area contributed by atoms with Gasteiger partial charge in [0.1, 0.15) is 0 Å². The first-order chi connectivity index (χ1) is 8.06. The van der Waals surface area contributed by atoms with Gasteiger partial charge in [0.25, 0.3) is 0 Å². The Labute approximate surface area is 117 Å². The third-order valence-corrected chi connectivity index (χ3v) is 3.51. The molecule has 0 saturated carbocycles. The molecule has 1 nitrogen and oxygen atoms in total. The van der Waals surface area contributed by atoms with Crippen molar-refractivity contribution in [1.29, 1.82) is 0 Å². The highest BCUT2D eigenvalue weighted by Gasteiger charge is 2.14. The maximum atomic E-state index is 6.07.